The lowest BCUT2D eigenvalue weighted by atomic mass is 10.1. The molecule has 4 heteroatoms. The summed E-state index contributed by atoms with van der Waals surface area (Å²) in [7, 11) is 0. The first kappa shape index (κ1) is 15.3. The van der Waals surface area contributed by atoms with Crippen LogP contribution in [0.1, 0.15) is 23.6 Å². The standard InChI is InChI=1S/C19H21N3O/c1-3-22-13-16(17-8-5-9-20-19(17)22)11-18(23)21-12-15-7-4-6-14(2)10-15/h4-10,13H,3,11-12H2,1-2H3,(H,21,23). The highest BCUT2D eigenvalue weighted by Crippen LogP contribution is 2.19. The van der Waals surface area contributed by atoms with Gasteiger partial charge in [0.05, 0.1) is 6.42 Å². The number of nitrogens with zero attached hydrogens (tertiary/aromatic N) is 2. The maximum absolute atomic E-state index is 12.3. The zero-order valence-electron chi connectivity index (χ0n) is 13.5. The summed E-state index contributed by atoms with van der Waals surface area (Å²) in [4.78, 5) is 16.7. The van der Waals surface area contributed by atoms with Crippen molar-refractivity contribution in [2.24, 2.45) is 0 Å². The molecule has 1 aromatic carbocycles. The number of pyridine rings is 1. The fourth-order valence-corrected chi connectivity index (χ4v) is 2.84. The molecule has 0 unspecified atom stereocenters. The Labute approximate surface area is 136 Å². The summed E-state index contributed by atoms with van der Waals surface area (Å²) in [6.45, 7) is 5.54. The van der Waals surface area contributed by atoms with Gasteiger partial charge in [0.2, 0.25) is 5.91 Å². The zero-order valence-corrected chi connectivity index (χ0v) is 13.5. The molecule has 2 heterocycles. The molecule has 2 aromatic heterocycles. The normalized spacial score (nSPS) is 10.9. The van der Waals surface area contributed by atoms with Gasteiger partial charge in [0.25, 0.3) is 0 Å². The van der Waals surface area contributed by atoms with E-state index in [9.17, 15) is 4.79 Å². The molecule has 0 atom stereocenters. The topological polar surface area (TPSA) is 46.9 Å². The molecule has 1 N–H and O–H groups in total. The summed E-state index contributed by atoms with van der Waals surface area (Å²) in [5, 5.41) is 4.05. The van der Waals surface area contributed by atoms with Gasteiger partial charge in [-0.1, -0.05) is 29.8 Å². The zero-order chi connectivity index (χ0) is 16.2. The molecule has 0 saturated heterocycles. The minimum atomic E-state index is 0.0329. The second-order valence-corrected chi connectivity index (χ2v) is 5.76. The molecule has 0 aliphatic rings. The summed E-state index contributed by atoms with van der Waals surface area (Å²) in [5.74, 6) is 0.0329. The molecule has 23 heavy (non-hydrogen) atoms. The average Bonchev–Trinajstić information content (AvgIpc) is 2.91. The maximum Gasteiger partial charge on any atom is 0.224 e. The van der Waals surface area contributed by atoms with Crippen LogP contribution >= 0.6 is 0 Å². The minimum Gasteiger partial charge on any atom is -0.352 e. The number of amides is 1. The van der Waals surface area contributed by atoms with E-state index < -0.39 is 0 Å². The number of rotatable bonds is 5. The highest BCUT2D eigenvalue weighted by Gasteiger charge is 2.11. The van der Waals surface area contributed by atoms with Crippen molar-refractivity contribution in [1.82, 2.24) is 14.9 Å². The summed E-state index contributed by atoms with van der Waals surface area (Å²) < 4.78 is 2.08. The lowest BCUT2D eigenvalue weighted by Crippen LogP contribution is -2.24. The van der Waals surface area contributed by atoms with Gasteiger partial charge in [-0.05, 0) is 37.1 Å². The number of benzene rings is 1. The van der Waals surface area contributed by atoms with Crippen LogP contribution in [0.3, 0.4) is 0 Å². The van der Waals surface area contributed by atoms with Crippen molar-refractivity contribution in [3.05, 3.63) is 65.5 Å². The van der Waals surface area contributed by atoms with E-state index in [-0.39, 0.29) is 5.91 Å². The number of hydrogen-bond acceptors (Lipinski definition) is 2. The average molecular weight is 307 g/mol. The van der Waals surface area contributed by atoms with Crippen LogP contribution in [0.4, 0.5) is 0 Å². The van der Waals surface area contributed by atoms with Crippen molar-refractivity contribution in [2.75, 3.05) is 0 Å². The molecule has 1 amide bonds. The van der Waals surface area contributed by atoms with Crippen molar-refractivity contribution >= 4 is 16.9 Å². The third kappa shape index (κ3) is 3.42. The summed E-state index contributed by atoms with van der Waals surface area (Å²) in [6.07, 6.45) is 4.20. The lowest BCUT2D eigenvalue weighted by Gasteiger charge is -2.06. The number of carbonyl (C=O) groups excluding carboxylic acids is 1. The Hall–Kier alpha value is -2.62. The van der Waals surface area contributed by atoms with Crippen molar-refractivity contribution in [1.29, 1.82) is 0 Å². The van der Waals surface area contributed by atoms with Gasteiger partial charge >= 0.3 is 0 Å². The van der Waals surface area contributed by atoms with Gasteiger partial charge in [-0.25, -0.2) is 4.98 Å². The Balaban J connectivity index is 1.71. The molecule has 3 aromatic rings. The fraction of sp³-hybridized carbons (Fsp3) is 0.263. The third-order valence-electron chi connectivity index (χ3n) is 3.98. The number of aryl methyl sites for hydroxylation is 2. The molecule has 0 fully saturated rings. The molecule has 0 saturated carbocycles. The Kier molecular flexibility index (Phi) is 4.42. The van der Waals surface area contributed by atoms with Crippen LogP contribution in [-0.2, 0) is 24.3 Å². The van der Waals surface area contributed by atoms with E-state index in [1.54, 1.807) is 6.20 Å². The van der Waals surface area contributed by atoms with Gasteiger partial charge in [-0.2, -0.15) is 0 Å². The van der Waals surface area contributed by atoms with E-state index in [1.807, 2.05) is 30.5 Å². The van der Waals surface area contributed by atoms with E-state index in [0.29, 0.717) is 13.0 Å². The van der Waals surface area contributed by atoms with Gasteiger partial charge in [0.15, 0.2) is 0 Å². The lowest BCUT2D eigenvalue weighted by molar-refractivity contribution is -0.120. The molecule has 0 radical (unpaired) electrons. The molecule has 0 spiro atoms. The number of fused-ring (bicyclic) bond motifs is 1. The van der Waals surface area contributed by atoms with Crippen molar-refractivity contribution in [2.45, 2.75) is 33.4 Å². The molecule has 3 rings (SSSR count). The van der Waals surface area contributed by atoms with Crippen LogP contribution in [0.5, 0.6) is 0 Å². The van der Waals surface area contributed by atoms with Crippen LogP contribution in [0.2, 0.25) is 0 Å². The molecular formula is C19H21N3O. The van der Waals surface area contributed by atoms with Gasteiger partial charge in [-0.3, -0.25) is 4.79 Å². The maximum atomic E-state index is 12.3. The first-order chi connectivity index (χ1) is 11.2. The van der Waals surface area contributed by atoms with Gasteiger partial charge < -0.3 is 9.88 Å². The number of carbonyl (C=O) groups is 1. The van der Waals surface area contributed by atoms with Gasteiger partial charge in [0.1, 0.15) is 5.65 Å². The predicted octanol–water partition coefficient (Wildman–Crippen LogP) is 3.22. The fourth-order valence-electron chi connectivity index (χ4n) is 2.84. The van der Waals surface area contributed by atoms with E-state index in [0.717, 1.165) is 28.7 Å². The van der Waals surface area contributed by atoms with E-state index in [2.05, 4.69) is 40.8 Å². The predicted molar refractivity (Wildman–Crippen MR) is 92.1 cm³/mol. The van der Waals surface area contributed by atoms with E-state index in [1.165, 1.54) is 5.56 Å². The third-order valence-corrected chi connectivity index (χ3v) is 3.98. The summed E-state index contributed by atoms with van der Waals surface area (Å²) in [6, 6.07) is 12.1. The van der Waals surface area contributed by atoms with Gasteiger partial charge in [0, 0.05) is 30.9 Å². The van der Waals surface area contributed by atoms with Crippen LogP contribution < -0.4 is 5.32 Å². The van der Waals surface area contributed by atoms with Crippen molar-refractivity contribution in [3.8, 4) is 0 Å². The van der Waals surface area contributed by atoms with E-state index in [4.69, 9.17) is 0 Å². The van der Waals surface area contributed by atoms with Crippen molar-refractivity contribution in [3.63, 3.8) is 0 Å². The SMILES string of the molecule is CCn1cc(CC(=O)NCc2cccc(C)c2)c2cccnc21. The van der Waals surface area contributed by atoms with Crippen LogP contribution in [-0.4, -0.2) is 15.5 Å². The molecule has 0 aliphatic carbocycles. The smallest absolute Gasteiger partial charge is 0.224 e. The molecule has 0 bridgehead atoms. The first-order valence-corrected chi connectivity index (χ1v) is 7.92. The van der Waals surface area contributed by atoms with Crippen LogP contribution in [0.15, 0.2) is 48.8 Å². The number of hydrogen-bond donors (Lipinski definition) is 1. The summed E-state index contributed by atoms with van der Waals surface area (Å²) in [5.41, 5.74) is 4.29. The molecule has 0 aliphatic heterocycles. The Morgan fingerprint density at radius 1 is 1.26 bits per heavy atom. The highest BCUT2D eigenvalue weighted by molar-refractivity contribution is 5.87. The highest BCUT2D eigenvalue weighted by atomic mass is 16.1. The second-order valence-electron chi connectivity index (χ2n) is 5.76. The Morgan fingerprint density at radius 3 is 2.91 bits per heavy atom. The minimum absolute atomic E-state index is 0.0329. The summed E-state index contributed by atoms with van der Waals surface area (Å²) >= 11 is 0. The Morgan fingerprint density at radius 2 is 2.13 bits per heavy atom. The van der Waals surface area contributed by atoms with Crippen LogP contribution in [0.25, 0.3) is 11.0 Å². The number of aromatic nitrogens is 2. The molecular weight excluding hydrogens is 286 g/mol. The van der Waals surface area contributed by atoms with Crippen LogP contribution in [0, 0.1) is 6.92 Å². The Bertz CT molecular complexity index is 836. The van der Waals surface area contributed by atoms with E-state index >= 15 is 0 Å². The second kappa shape index (κ2) is 6.65. The largest absolute Gasteiger partial charge is 0.352 e. The monoisotopic (exact) mass is 307 g/mol. The first-order valence-electron chi connectivity index (χ1n) is 7.92. The molecule has 4 nitrogen and oxygen atoms in total. The van der Waals surface area contributed by atoms with Crippen molar-refractivity contribution < 1.29 is 4.79 Å². The quantitative estimate of drug-likeness (QED) is 0.786. The molecule has 118 valence electrons. The number of nitrogens with one attached hydrogen (secondary N) is 1. The van der Waals surface area contributed by atoms with Gasteiger partial charge in [-0.15, -0.1) is 0 Å².